The lowest BCUT2D eigenvalue weighted by Crippen LogP contribution is -2.12. The average Bonchev–Trinajstić information content (AvgIpc) is 2.84. The fourth-order valence-corrected chi connectivity index (χ4v) is 2.19. The summed E-state index contributed by atoms with van der Waals surface area (Å²) in [5, 5.41) is 7.30. The highest BCUT2D eigenvalue weighted by Crippen LogP contribution is 2.28. The molecule has 4 heteroatoms. The van der Waals surface area contributed by atoms with E-state index in [1.54, 1.807) is 17.5 Å². The molecule has 2 aromatic rings. The highest BCUT2D eigenvalue weighted by molar-refractivity contribution is 7.08. The Labute approximate surface area is 93.2 Å². The standard InChI is InChI=1S/C11H14N2OS/c1-7-5-15-6-9(7)10-4-13-11(14-10)8(2)12-3/h4-6,8,12H,1-3H3. The quantitative estimate of drug-likeness (QED) is 0.867. The average molecular weight is 222 g/mol. The third kappa shape index (κ3) is 1.96. The van der Waals surface area contributed by atoms with Gasteiger partial charge in [-0.3, -0.25) is 0 Å². The minimum absolute atomic E-state index is 0.151. The van der Waals surface area contributed by atoms with E-state index in [1.165, 1.54) is 5.56 Å². The number of aromatic nitrogens is 1. The molecule has 0 fully saturated rings. The second kappa shape index (κ2) is 4.16. The molecule has 2 rings (SSSR count). The second-order valence-corrected chi connectivity index (χ2v) is 4.29. The van der Waals surface area contributed by atoms with Gasteiger partial charge in [-0.1, -0.05) is 0 Å². The maximum absolute atomic E-state index is 5.69. The van der Waals surface area contributed by atoms with Crippen LogP contribution in [0.5, 0.6) is 0 Å². The highest BCUT2D eigenvalue weighted by Gasteiger charge is 2.12. The number of rotatable bonds is 3. The molecule has 80 valence electrons. The van der Waals surface area contributed by atoms with Crippen molar-refractivity contribution in [1.82, 2.24) is 10.3 Å². The molecule has 0 spiro atoms. The Morgan fingerprint density at radius 1 is 1.47 bits per heavy atom. The summed E-state index contributed by atoms with van der Waals surface area (Å²) in [5.74, 6) is 1.59. The zero-order valence-corrected chi connectivity index (χ0v) is 9.89. The fourth-order valence-electron chi connectivity index (χ4n) is 1.35. The Balaban J connectivity index is 2.32. The Hall–Kier alpha value is -1.13. The summed E-state index contributed by atoms with van der Waals surface area (Å²) in [7, 11) is 1.89. The molecule has 2 heterocycles. The van der Waals surface area contributed by atoms with E-state index in [-0.39, 0.29) is 6.04 Å². The Bertz CT molecular complexity index is 447. The molecule has 1 unspecified atom stereocenters. The van der Waals surface area contributed by atoms with Gasteiger partial charge in [-0.15, -0.1) is 0 Å². The highest BCUT2D eigenvalue weighted by atomic mass is 32.1. The monoisotopic (exact) mass is 222 g/mol. The number of nitrogens with one attached hydrogen (secondary N) is 1. The molecule has 0 aromatic carbocycles. The van der Waals surface area contributed by atoms with Crippen molar-refractivity contribution in [3.05, 3.63) is 28.4 Å². The van der Waals surface area contributed by atoms with Gasteiger partial charge in [0.25, 0.3) is 0 Å². The lowest BCUT2D eigenvalue weighted by molar-refractivity contribution is 0.441. The molecule has 0 bridgehead atoms. The number of thiophene rings is 1. The van der Waals surface area contributed by atoms with Crippen molar-refractivity contribution < 1.29 is 4.42 Å². The predicted octanol–water partition coefficient (Wildman–Crippen LogP) is 2.99. The number of oxazole rings is 1. The van der Waals surface area contributed by atoms with E-state index in [0.717, 1.165) is 17.2 Å². The van der Waals surface area contributed by atoms with E-state index in [1.807, 2.05) is 14.0 Å². The fraction of sp³-hybridized carbons (Fsp3) is 0.364. The summed E-state index contributed by atoms with van der Waals surface area (Å²) >= 11 is 1.68. The van der Waals surface area contributed by atoms with Gasteiger partial charge in [-0.05, 0) is 31.8 Å². The molecule has 0 aliphatic rings. The minimum Gasteiger partial charge on any atom is -0.439 e. The van der Waals surface area contributed by atoms with Crippen LogP contribution in [0.2, 0.25) is 0 Å². The molecule has 0 amide bonds. The van der Waals surface area contributed by atoms with Crippen molar-refractivity contribution in [3.8, 4) is 11.3 Å². The van der Waals surface area contributed by atoms with E-state index < -0.39 is 0 Å². The van der Waals surface area contributed by atoms with Crippen molar-refractivity contribution in [2.75, 3.05) is 7.05 Å². The molecule has 2 aromatic heterocycles. The second-order valence-electron chi connectivity index (χ2n) is 3.54. The smallest absolute Gasteiger partial charge is 0.211 e. The lowest BCUT2D eigenvalue weighted by atomic mass is 10.2. The zero-order chi connectivity index (χ0) is 10.8. The van der Waals surface area contributed by atoms with Gasteiger partial charge in [0.05, 0.1) is 12.2 Å². The SMILES string of the molecule is CNC(C)c1ncc(-c2cscc2C)o1. The zero-order valence-electron chi connectivity index (χ0n) is 9.07. The maximum atomic E-state index is 5.69. The first kappa shape index (κ1) is 10.4. The van der Waals surface area contributed by atoms with Crippen molar-refractivity contribution >= 4 is 11.3 Å². The minimum atomic E-state index is 0.151. The van der Waals surface area contributed by atoms with Crippen molar-refractivity contribution in [3.63, 3.8) is 0 Å². The van der Waals surface area contributed by atoms with Crippen molar-refractivity contribution in [1.29, 1.82) is 0 Å². The van der Waals surface area contributed by atoms with E-state index in [9.17, 15) is 0 Å². The first-order valence-electron chi connectivity index (χ1n) is 4.88. The van der Waals surface area contributed by atoms with E-state index in [2.05, 4.69) is 28.0 Å². The van der Waals surface area contributed by atoms with Gasteiger partial charge in [0.15, 0.2) is 5.76 Å². The molecule has 0 saturated heterocycles. The van der Waals surface area contributed by atoms with Gasteiger partial charge >= 0.3 is 0 Å². The molecule has 0 aliphatic carbocycles. The van der Waals surface area contributed by atoms with Crippen LogP contribution >= 0.6 is 11.3 Å². The molecule has 3 nitrogen and oxygen atoms in total. The molecular formula is C11H14N2OS. The Kier molecular flexibility index (Phi) is 2.88. The van der Waals surface area contributed by atoms with Gasteiger partial charge in [-0.2, -0.15) is 11.3 Å². The summed E-state index contributed by atoms with van der Waals surface area (Å²) in [6, 6.07) is 0.151. The van der Waals surface area contributed by atoms with Crippen LogP contribution in [0.25, 0.3) is 11.3 Å². The van der Waals surface area contributed by atoms with E-state index in [4.69, 9.17) is 4.42 Å². The van der Waals surface area contributed by atoms with Gasteiger partial charge in [0.2, 0.25) is 5.89 Å². The number of hydrogen-bond acceptors (Lipinski definition) is 4. The van der Waals surface area contributed by atoms with Gasteiger partial charge in [-0.25, -0.2) is 4.98 Å². The third-order valence-electron chi connectivity index (χ3n) is 2.45. The molecule has 1 atom stereocenters. The summed E-state index contributed by atoms with van der Waals surface area (Å²) in [6.45, 7) is 4.10. The molecule has 1 N–H and O–H groups in total. The van der Waals surface area contributed by atoms with Crippen molar-refractivity contribution in [2.24, 2.45) is 0 Å². The van der Waals surface area contributed by atoms with Crippen LogP contribution in [0, 0.1) is 6.92 Å². The van der Waals surface area contributed by atoms with Crippen LogP contribution in [0.4, 0.5) is 0 Å². The topological polar surface area (TPSA) is 38.1 Å². The first-order chi connectivity index (χ1) is 7.22. The van der Waals surface area contributed by atoms with Crippen LogP contribution < -0.4 is 5.32 Å². The summed E-state index contributed by atoms with van der Waals surface area (Å²) in [6.07, 6.45) is 1.79. The van der Waals surface area contributed by atoms with Crippen LogP contribution in [0.3, 0.4) is 0 Å². The largest absolute Gasteiger partial charge is 0.439 e. The molecule has 0 aliphatic heterocycles. The van der Waals surface area contributed by atoms with Crippen LogP contribution in [0.1, 0.15) is 24.4 Å². The van der Waals surface area contributed by atoms with Crippen molar-refractivity contribution in [2.45, 2.75) is 19.9 Å². The van der Waals surface area contributed by atoms with Crippen LogP contribution in [-0.2, 0) is 0 Å². The Morgan fingerprint density at radius 2 is 2.27 bits per heavy atom. The summed E-state index contributed by atoms with van der Waals surface area (Å²) in [5.41, 5.74) is 2.38. The van der Waals surface area contributed by atoms with Gasteiger partial charge < -0.3 is 9.73 Å². The van der Waals surface area contributed by atoms with E-state index >= 15 is 0 Å². The first-order valence-corrected chi connectivity index (χ1v) is 5.82. The van der Waals surface area contributed by atoms with Crippen LogP contribution in [0.15, 0.2) is 21.4 Å². The lowest BCUT2D eigenvalue weighted by Gasteiger charge is -2.03. The third-order valence-corrected chi connectivity index (χ3v) is 3.31. The number of nitrogens with zero attached hydrogens (tertiary/aromatic N) is 1. The predicted molar refractivity (Wildman–Crippen MR) is 62.0 cm³/mol. The molecule has 0 saturated carbocycles. The van der Waals surface area contributed by atoms with Gasteiger partial charge in [0, 0.05) is 10.9 Å². The van der Waals surface area contributed by atoms with Gasteiger partial charge in [0.1, 0.15) is 0 Å². The number of hydrogen-bond donors (Lipinski definition) is 1. The van der Waals surface area contributed by atoms with Crippen LogP contribution in [-0.4, -0.2) is 12.0 Å². The van der Waals surface area contributed by atoms with E-state index in [0.29, 0.717) is 0 Å². The maximum Gasteiger partial charge on any atom is 0.211 e. The Morgan fingerprint density at radius 3 is 2.87 bits per heavy atom. The summed E-state index contributed by atoms with van der Waals surface area (Å²) in [4.78, 5) is 4.26. The summed E-state index contributed by atoms with van der Waals surface area (Å²) < 4.78 is 5.69. The number of aryl methyl sites for hydroxylation is 1. The normalized spacial score (nSPS) is 13.0. The molecule has 0 radical (unpaired) electrons. The molecular weight excluding hydrogens is 208 g/mol. The molecule has 15 heavy (non-hydrogen) atoms.